The molecule has 0 aliphatic carbocycles. The van der Waals surface area contributed by atoms with Crippen LogP contribution in [0.4, 0.5) is 11.4 Å². The summed E-state index contributed by atoms with van der Waals surface area (Å²) in [7, 11) is 0. The number of amides is 1. The second kappa shape index (κ2) is 4.47. The first-order valence-electron chi connectivity index (χ1n) is 4.85. The van der Waals surface area contributed by atoms with Crippen molar-refractivity contribution in [3.05, 3.63) is 40.7 Å². The Bertz CT molecular complexity index is 566. The molecule has 0 aliphatic rings. The smallest absolute Gasteiger partial charge is 0.260 e. The van der Waals surface area contributed by atoms with Crippen LogP contribution >= 0.6 is 11.6 Å². The van der Waals surface area contributed by atoms with Gasteiger partial charge in [0.2, 0.25) is 0 Å². The summed E-state index contributed by atoms with van der Waals surface area (Å²) in [6.45, 7) is 1.66. The van der Waals surface area contributed by atoms with Crippen LogP contribution in [0.15, 0.2) is 28.9 Å². The number of hydrogen-bond donors (Lipinski definition) is 2. The van der Waals surface area contributed by atoms with Crippen molar-refractivity contribution in [3.8, 4) is 0 Å². The number of hydrogen-bond acceptors (Lipinski definition) is 4. The summed E-state index contributed by atoms with van der Waals surface area (Å²) in [5.74, 6) is 0.132. The minimum atomic E-state index is -0.322. The summed E-state index contributed by atoms with van der Waals surface area (Å²) >= 11 is 5.76. The summed E-state index contributed by atoms with van der Waals surface area (Å²) in [4.78, 5) is 11.8. The Kier molecular flexibility index (Phi) is 3.01. The zero-order chi connectivity index (χ0) is 12.4. The number of carbonyl (C=O) groups excluding carboxylic acids is 1. The van der Waals surface area contributed by atoms with E-state index in [9.17, 15) is 4.79 Å². The fourth-order valence-corrected chi connectivity index (χ4v) is 1.53. The number of nitrogens with zero attached hydrogens (tertiary/aromatic N) is 1. The molecule has 1 aromatic carbocycles. The van der Waals surface area contributed by atoms with Crippen molar-refractivity contribution in [2.45, 2.75) is 6.92 Å². The van der Waals surface area contributed by atoms with Gasteiger partial charge in [0.15, 0.2) is 0 Å². The Morgan fingerprint density at radius 1 is 1.53 bits per heavy atom. The maximum absolute atomic E-state index is 11.8. The molecule has 1 aromatic heterocycles. The third-order valence-corrected chi connectivity index (χ3v) is 2.49. The van der Waals surface area contributed by atoms with Crippen molar-refractivity contribution in [1.29, 1.82) is 0 Å². The number of aryl methyl sites for hydroxylation is 1. The highest BCUT2D eigenvalue weighted by Gasteiger charge is 2.13. The van der Waals surface area contributed by atoms with Gasteiger partial charge in [-0.15, -0.1) is 0 Å². The number of aromatic nitrogens is 1. The van der Waals surface area contributed by atoms with E-state index in [1.54, 1.807) is 25.1 Å². The van der Waals surface area contributed by atoms with Crippen LogP contribution in [0.1, 0.15) is 16.1 Å². The Hall–Kier alpha value is -2.01. The van der Waals surface area contributed by atoms with Crippen molar-refractivity contribution < 1.29 is 9.32 Å². The number of halogens is 1. The minimum Gasteiger partial charge on any atom is -0.397 e. The van der Waals surface area contributed by atoms with Crippen LogP contribution in [0.3, 0.4) is 0 Å². The van der Waals surface area contributed by atoms with Gasteiger partial charge in [-0.25, -0.2) is 0 Å². The molecule has 1 amide bonds. The van der Waals surface area contributed by atoms with Crippen LogP contribution in [0, 0.1) is 6.92 Å². The lowest BCUT2D eigenvalue weighted by atomic mass is 10.2. The first kappa shape index (κ1) is 11.5. The lowest BCUT2D eigenvalue weighted by Gasteiger charge is -2.07. The van der Waals surface area contributed by atoms with E-state index in [4.69, 9.17) is 21.9 Å². The Labute approximate surface area is 103 Å². The first-order valence-corrected chi connectivity index (χ1v) is 5.23. The van der Waals surface area contributed by atoms with Crippen molar-refractivity contribution >= 4 is 28.9 Å². The van der Waals surface area contributed by atoms with Gasteiger partial charge in [0.05, 0.1) is 17.6 Å². The lowest BCUT2D eigenvalue weighted by molar-refractivity contribution is 0.102. The summed E-state index contributed by atoms with van der Waals surface area (Å²) in [5, 5.41) is 6.71. The van der Waals surface area contributed by atoms with E-state index in [1.807, 2.05) is 0 Å². The summed E-state index contributed by atoms with van der Waals surface area (Å²) in [6, 6.07) is 4.85. The van der Waals surface area contributed by atoms with Gasteiger partial charge in [-0.3, -0.25) is 4.79 Å². The fourth-order valence-electron chi connectivity index (χ4n) is 1.35. The Morgan fingerprint density at radius 2 is 2.29 bits per heavy atom. The number of nitrogens with one attached hydrogen (secondary N) is 1. The Morgan fingerprint density at radius 3 is 2.88 bits per heavy atom. The van der Waals surface area contributed by atoms with Gasteiger partial charge >= 0.3 is 0 Å². The largest absolute Gasteiger partial charge is 0.397 e. The molecule has 2 aromatic rings. The molecule has 0 radical (unpaired) electrons. The van der Waals surface area contributed by atoms with E-state index >= 15 is 0 Å². The Balaban J connectivity index is 2.22. The molecular formula is C11H10ClN3O2. The van der Waals surface area contributed by atoms with Crippen molar-refractivity contribution in [3.63, 3.8) is 0 Å². The van der Waals surface area contributed by atoms with Gasteiger partial charge < -0.3 is 15.6 Å². The lowest BCUT2D eigenvalue weighted by Crippen LogP contribution is -2.13. The molecule has 17 heavy (non-hydrogen) atoms. The van der Waals surface area contributed by atoms with Crippen molar-refractivity contribution in [1.82, 2.24) is 5.16 Å². The molecule has 0 bridgehead atoms. The fraction of sp³-hybridized carbons (Fsp3) is 0.0909. The molecule has 0 fully saturated rings. The standard InChI is InChI=1S/C11H10ClN3O2/c1-6-8(5-14-17-6)11(16)15-10-3-2-7(12)4-9(10)13/h2-5H,13H2,1H3,(H,15,16). The number of carbonyl (C=O) groups is 1. The van der Waals surface area contributed by atoms with Crippen LogP contribution in [0.2, 0.25) is 5.02 Å². The maximum atomic E-state index is 11.8. The predicted octanol–water partition coefficient (Wildman–Crippen LogP) is 2.47. The molecule has 1 heterocycles. The van der Waals surface area contributed by atoms with Gasteiger partial charge in [-0.1, -0.05) is 16.8 Å². The second-order valence-corrected chi connectivity index (χ2v) is 3.92. The van der Waals surface area contributed by atoms with E-state index in [0.717, 1.165) is 0 Å². The highest BCUT2D eigenvalue weighted by Crippen LogP contribution is 2.23. The van der Waals surface area contributed by atoms with E-state index < -0.39 is 0 Å². The second-order valence-electron chi connectivity index (χ2n) is 3.48. The highest BCUT2D eigenvalue weighted by molar-refractivity contribution is 6.31. The van der Waals surface area contributed by atoms with Crippen LogP contribution in [0.5, 0.6) is 0 Å². The quantitative estimate of drug-likeness (QED) is 0.804. The topological polar surface area (TPSA) is 81.2 Å². The van der Waals surface area contributed by atoms with Gasteiger partial charge in [-0.2, -0.15) is 0 Å². The zero-order valence-electron chi connectivity index (χ0n) is 9.03. The third kappa shape index (κ3) is 2.39. The van der Waals surface area contributed by atoms with E-state index in [0.29, 0.717) is 27.7 Å². The summed E-state index contributed by atoms with van der Waals surface area (Å²) in [6.07, 6.45) is 1.36. The average molecular weight is 252 g/mol. The van der Waals surface area contributed by atoms with Gasteiger partial charge in [0, 0.05) is 5.02 Å². The normalized spacial score (nSPS) is 10.2. The number of benzene rings is 1. The minimum absolute atomic E-state index is 0.322. The number of rotatable bonds is 2. The molecular weight excluding hydrogens is 242 g/mol. The van der Waals surface area contributed by atoms with Crippen molar-refractivity contribution in [2.75, 3.05) is 11.1 Å². The predicted molar refractivity (Wildman–Crippen MR) is 65.1 cm³/mol. The van der Waals surface area contributed by atoms with Gasteiger partial charge in [0.1, 0.15) is 11.3 Å². The average Bonchev–Trinajstić information content (AvgIpc) is 2.68. The van der Waals surface area contributed by atoms with Crippen LogP contribution < -0.4 is 11.1 Å². The highest BCUT2D eigenvalue weighted by atomic mass is 35.5. The van der Waals surface area contributed by atoms with Crippen LogP contribution in [-0.4, -0.2) is 11.1 Å². The van der Waals surface area contributed by atoms with Crippen LogP contribution in [-0.2, 0) is 0 Å². The number of nitrogen functional groups attached to an aromatic ring is 1. The molecule has 0 spiro atoms. The molecule has 88 valence electrons. The maximum Gasteiger partial charge on any atom is 0.260 e. The molecule has 3 N–H and O–H groups in total. The molecule has 0 unspecified atom stereocenters. The molecule has 2 rings (SSSR count). The summed E-state index contributed by atoms with van der Waals surface area (Å²) < 4.78 is 4.81. The molecule has 0 aliphatic heterocycles. The molecule has 0 saturated carbocycles. The third-order valence-electron chi connectivity index (χ3n) is 2.26. The zero-order valence-corrected chi connectivity index (χ0v) is 9.78. The number of anilines is 2. The molecule has 0 saturated heterocycles. The van der Waals surface area contributed by atoms with Crippen LogP contribution in [0.25, 0.3) is 0 Å². The van der Waals surface area contributed by atoms with Crippen molar-refractivity contribution in [2.24, 2.45) is 0 Å². The van der Waals surface area contributed by atoms with Gasteiger partial charge in [-0.05, 0) is 25.1 Å². The SMILES string of the molecule is Cc1oncc1C(=O)Nc1ccc(Cl)cc1N. The van der Waals surface area contributed by atoms with Gasteiger partial charge in [0.25, 0.3) is 5.91 Å². The van der Waals surface area contributed by atoms with E-state index in [-0.39, 0.29) is 5.91 Å². The molecule has 0 atom stereocenters. The van der Waals surface area contributed by atoms with E-state index in [2.05, 4.69) is 10.5 Å². The molecule has 5 nitrogen and oxygen atoms in total. The first-order chi connectivity index (χ1) is 8.08. The summed E-state index contributed by atoms with van der Waals surface area (Å²) in [5.41, 5.74) is 7.00. The monoisotopic (exact) mass is 251 g/mol. The van der Waals surface area contributed by atoms with E-state index in [1.165, 1.54) is 6.20 Å². The molecule has 6 heteroatoms. The number of nitrogens with two attached hydrogens (primary N) is 1.